The Balaban J connectivity index is 2.36. The average molecular weight is 372 g/mol. The van der Waals surface area contributed by atoms with Crippen molar-refractivity contribution in [2.45, 2.75) is 13.3 Å². The first kappa shape index (κ1) is 20.0. The summed E-state index contributed by atoms with van der Waals surface area (Å²) in [6, 6.07) is 7.06. The van der Waals surface area contributed by atoms with Crippen molar-refractivity contribution in [3.8, 4) is 11.5 Å². The molecular formula is C20H21FN2O4. The number of benzene rings is 2. The van der Waals surface area contributed by atoms with Crippen LogP contribution in [-0.2, 0) is 11.2 Å². The number of carbonyl (C=O) groups is 2. The van der Waals surface area contributed by atoms with Crippen LogP contribution < -0.4 is 20.1 Å². The van der Waals surface area contributed by atoms with E-state index in [2.05, 4.69) is 17.2 Å². The molecule has 0 bridgehead atoms. The van der Waals surface area contributed by atoms with Crippen LogP contribution in [-0.4, -0.2) is 26.0 Å². The Hall–Kier alpha value is -3.35. The zero-order chi connectivity index (χ0) is 20.0. The van der Waals surface area contributed by atoms with E-state index in [0.717, 1.165) is 0 Å². The van der Waals surface area contributed by atoms with Crippen LogP contribution in [0.2, 0.25) is 0 Å². The fourth-order valence-corrected chi connectivity index (χ4v) is 2.58. The van der Waals surface area contributed by atoms with Crippen molar-refractivity contribution in [3.63, 3.8) is 0 Å². The highest BCUT2D eigenvalue weighted by Crippen LogP contribution is 2.33. The highest BCUT2D eigenvalue weighted by molar-refractivity contribution is 6.05. The van der Waals surface area contributed by atoms with Crippen molar-refractivity contribution < 1.29 is 23.5 Å². The first-order valence-corrected chi connectivity index (χ1v) is 8.13. The van der Waals surface area contributed by atoms with E-state index in [1.165, 1.54) is 45.4 Å². The van der Waals surface area contributed by atoms with Gasteiger partial charge in [0, 0.05) is 23.7 Å². The van der Waals surface area contributed by atoms with Gasteiger partial charge in [-0.05, 0) is 36.8 Å². The quantitative estimate of drug-likeness (QED) is 0.725. The monoisotopic (exact) mass is 372 g/mol. The van der Waals surface area contributed by atoms with Gasteiger partial charge in [0.2, 0.25) is 5.91 Å². The summed E-state index contributed by atoms with van der Waals surface area (Å²) in [5, 5.41) is 5.05. The number of amides is 2. The third-order valence-electron chi connectivity index (χ3n) is 3.72. The molecule has 0 atom stereocenters. The molecule has 142 valence electrons. The maximum Gasteiger partial charge on any atom is 0.255 e. The molecule has 2 aromatic rings. The summed E-state index contributed by atoms with van der Waals surface area (Å²) in [7, 11) is 2.97. The molecular weight excluding hydrogens is 351 g/mol. The molecule has 2 rings (SSSR count). The molecule has 0 aromatic heterocycles. The van der Waals surface area contributed by atoms with Gasteiger partial charge in [0.05, 0.1) is 19.9 Å². The second-order valence-corrected chi connectivity index (χ2v) is 5.69. The number of anilines is 2. The third-order valence-corrected chi connectivity index (χ3v) is 3.72. The number of nitrogens with one attached hydrogen (secondary N) is 2. The lowest BCUT2D eigenvalue weighted by Crippen LogP contribution is -2.15. The molecule has 0 aliphatic heterocycles. The van der Waals surface area contributed by atoms with Crippen LogP contribution in [0.3, 0.4) is 0 Å². The molecule has 0 saturated heterocycles. The molecule has 0 aliphatic rings. The van der Waals surface area contributed by atoms with Crippen LogP contribution in [0.15, 0.2) is 43.0 Å². The molecule has 0 heterocycles. The predicted octanol–water partition coefficient (Wildman–Crippen LogP) is 3.78. The van der Waals surface area contributed by atoms with Crippen LogP contribution in [0.5, 0.6) is 11.5 Å². The van der Waals surface area contributed by atoms with Gasteiger partial charge in [-0.15, -0.1) is 6.58 Å². The summed E-state index contributed by atoms with van der Waals surface area (Å²) in [6.45, 7) is 5.03. The molecule has 0 saturated carbocycles. The van der Waals surface area contributed by atoms with E-state index in [9.17, 15) is 14.0 Å². The SMILES string of the molecule is C=CCc1cc(C(=O)Nc2cc(NC(C)=O)ccc2F)cc(OC)c1OC. The Morgan fingerprint density at radius 1 is 1.15 bits per heavy atom. The van der Waals surface area contributed by atoms with Crippen LogP contribution >= 0.6 is 0 Å². The van der Waals surface area contributed by atoms with Gasteiger partial charge in [0.1, 0.15) is 5.82 Å². The largest absolute Gasteiger partial charge is 0.493 e. The second-order valence-electron chi connectivity index (χ2n) is 5.69. The van der Waals surface area contributed by atoms with Crippen molar-refractivity contribution in [2.24, 2.45) is 0 Å². The second kappa shape index (κ2) is 8.84. The molecule has 2 amide bonds. The average Bonchev–Trinajstić information content (AvgIpc) is 2.63. The maximum absolute atomic E-state index is 14.1. The van der Waals surface area contributed by atoms with E-state index >= 15 is 0 Å². The van der Waals surface area contributed by atoms with Gasteiger partial charge in [-0.3, -0.25) is 9.59 Å². The van der Waals surface area contributed by atoms with Crippen LogP contribution in [0.4, 0.5) is 15.8 Å². The number of hydrogen-bond acceptors (Lipinski definition) is 4. The fraction of sp³-hybridized carbons (Fsp3) is 0.200. The number of carbonyl (C=O) groups excluding carboxylic acids is 2. The predicted molar refractivity (Wildman–Crippen MR) is 102 cm³/mol. The van der Waals surface area contributed by atoms with Gasteiger partial charge in [0.25, 0.3) is 5.91 Å². The molecule has 7 heteroatoms. The van der Waals surface area contributed by atoms with Crippen molar-refractivity contribution in [2.75, 3.05) is 24.9 Å². The number of hydrogen-bond donors (Lipinski definition) is 2. The Morgan fingerprint density at radius 2 is 1.89 bits per heavy atom. The lowest BCUT2D eigenvalue weighted by atomic mass is 10.0. The summed E-state index contributed by atoms with van der Waals surface area (Å²) < 4.78 is 24.7. The number of ether oxygens (including phenoxy) is 2. The van der Waals surface area contributed by atoms with Crippen LogP contribution in [0.25, 0.3) is 0 Å². The first-order valence-electron chi connectivity index (χ1n) is 8.13. The van der Waals surface area contributed by atoms with Crippen molar-refractivity contribution in [3.05, 3.63) is 59.9 Å². The standard InChI is InChI=1S/C20H21FN2O4/c1-5-6-13-9-14(10-18(26-3)19(13)27-4)20(25)23-17-11-15(22-12(2)24)7-8-16(17)21/h5,7-11H,1,6H2,2-4H3,(H,22,24)(H,23,25). The molecule has 2 aromatic carbocycles. The number of allylic oxidation sites excluding steroid dienone is 1. The molecule has 2 N–H and O–H groups in total. The van der Waals surface area contributed by atoms with Crippen LogP contribution in [0.1, 0.15) is 22.8 Å². The van der Waals surface area contributed by atoms with Gasteiger partial charge in [-0.25, -0.2) is 4.39 Å². The lowest BCUT2D eigenvalue weighted by Gasteiger charge is -2.15. The highest BCUT2D eigenvalue weighted by atomic mass is 19.1. The van der Waals surface area contributed by atoms with Gasteiger partial charge in [-0.2, -0.15) is 0 Å². The minimum atomic E-state index is -0.621. The zero-order valence-electron chi connectivity index (χ0n) is 15.4. The van der Waals surface area contributed by atoms with Crippen LogP contribution in [0, 0.1) is 5.82 Å². The van der Waals surface area contributed by atoms with Gasteiger partial charge in [0.15, 0.2) is 11.5 Å². The smallest absolute Gasteiger partial charge is 0.255 e. The lowest BCUT2D eigenvalue weighted by molar-refractivity contribution is -0.114. The summed E-state index contributed by atoms with van der Waals surface area (Å²) >= 11 is 0. The Bertz CT molecular complexity index is 881. The molecule has 6 nitrogen and oxygen atoms in total. The normalized spacial score (nSPS) is 10.1. The third kappa shape index (κ3) is 4.84. The zero-order valence-corrected chi connectivity index (χ0v) is 15.4. The number of methoxy groups -OCH3 is 2. The summed E-state index contributed by atoms with van der Waals surface area (Å²) in [5.74, 6) is -0.556. The van der Waals surface area contributed by atoms with Crippen molar-refractivity contribution in [1.29, 1.82) is 0 Å². The van der Waals surface area contributed by atoms with E-state index in [-0.39, 0.29) is 17.2 Å². The van der Waals surface area contributed by atoms with Crippen molar-refractivity contribution in [1.82, 2.24) is 0 Å². The summed E-state index contributed by atoms with van der Waals surface area (Å²) in [5.41, 5.74) is 1.31. The van der Waals surface area contributed by atoms with E-state index in [1.54, 1.807) is 12.1 Å². The first-order chi connectivity index (χ1) is 12.9. The van der Waals surface area contributed by atoms with Gasteiger partial charge in [-0.1, -0.05) is 6.08 Å². The molecule has 27 heavy (non-hydrogen) atoms. The minimum Gasteiger partial charge on any atom is -0.493 e. The topological polar surface area (TPSA) is 76.7 Å². The molecule has 0 unspecified atom stereocenters. The Kier molecular flexibility index (Phi) is 6.54. The minimum absolute atomic E-state index is 0.0497. The van der Waals surface area contributed by atoms with E-state index in [4.69, 9.17) is 9.47 Å². The van der Waals surface area contributed by atoms with Gasteiger partial charge < -0.3 is 20.1 Å². The fourth-order valence-electron chi connectivity index (χ4n) is 2.58. The number of rotatable bonds is 7. The summed E-state index contributed by atoms with van der Waals surface area (Å²) in [6.07, 6.45) is 2.14. The molecule has 0 spiro atoms. The Labute approximate surface area is 157 Å². The van der Waals surface area contributed by atoms with Crippen molar-refractivity contribution >= 4 is 23.2 Å². The van der Waals surface area contributed by atoms with E-state index < -0.39 is 11.7 Å². The molecule has 0 aliphatic carbocycles. The van der Waals surface area contributed by atoms with E-state index in [0.29, 0.717) is 29.2 Å². The summed E-state index contributed by atoms with van der Waals surface area (Å²) in [4.78, 5) is 23.8. The molecule has 0 radical (unpaired) electrons. The van der Waals surface area contributed by atoms with E-state index in [1.807, 2.05) is 0 Å². The highest BCUT2D eigenvalue weighted by Gasteiger charge is 2.17. The Morgan fingerprint density at radius 3 is 2.48 bits per heavy atom. The van der Waals surface area contributed by atoms with Gasteiger partial charge >= 0.3 is 0 Å². The maximum atomic E-state index is 14.1. The number of halogens is 1. The molecule has 0 fully saturated rings.